The Kier molecular flexibility index (Phi) is 3.85. The lowest BCUT2D eigenvalue weighted by Crippen LogP contribution is -2.21. The predicted molar refractivity (Wildman–Crippen MR) is 83.3 cm³/mol. The highest BCUT2D eigenvalue weighted by molar-refractivity contribution is 7.85. The number of fused-ring (bicyclic) bond motifs is 1. The number of benzene rings is 2. The number of hydrogen-bond donors (Lipinski definition) is 0. The molecule has 0 spiro atoms. The molecule has 0 fully saturated rings. The van der Waals surface area contributed by atoms with E-state index in [1.165, 1.54) is 0 Å². The molecule has 114 valence electrons. The smallest absolute Gasteiger partial charge is 0.325 e. The largest absolute Gasteiger partial charge is 0.485 e. The molecule has 2 aromatic rings. The number of nitrogens with zero attached hydrogens (tertiary/aromatic N) is 1. The van der Waals surface area contributed by atoms with Gasteiger partial charge >= 0.3 is 10.1 Å². The molecule has 1 aliphatic heterocycles. The van der Waals surface area contributed by atoms with E-state index in [1.54, 1.807) is 0 Å². The molecule has 2 aromatic carbocycles. The Balaban J connectivity index is 1.98. The quantitative estimate of drug-likeness (QED) is 0.817. The number of para-hydroxylation sites is 1. The van der Waals surface area contributed by atoms with Crippen LogP contribution in [0.25, 0.3) is 0 Å². The Hall–Kier alpha value is -2.34. The zero-order valence-corrected chi connectivity index (χ0v) is 12.8. The van der Waals surface area contributed by atoms with Gasteiger partial charge in [-0.25, -0.2) is 0 Å². The molecule has 0 saturated heterocycles. The number of hydrogen-bond acceptors (Lipinski definition) is 5. The summed E-state index contributed by atoms with van der Waals surface area (Å²) < 4.78 is 33.0. The number of oxime groups is 1. The fourth-order valence-corrected chi connectivity index (χ4v) is 2.57. The third-order valence-electron chi connectivity index (χ3n) is 3.30. The Bertz CT molecular complexity index is 800. The molecular formula is C16H15NO4S. The summed E-state index contributed by atoms with van der Waals surface area (Å²) in [5, 5.41) is 3.82. The maximum atomic E-state index is 11.2. The monoisotopic (exact) mass is 317 g/mol. The third kappa shape index (κ3) is 3.28. The van der Waals surface area contributed by atoms with Crippen molar-refractivity contribution in [3.05, 3.63) is 65.7 Å². The van der Waals surface area contributed by atoms with Gasteiger partial charge in [-0.05, 0) is 17.7 Å². The highest BCUT2D eigenvalue weighted by atomic mass is 32.2. The van der Waals surface area contributed by atoms with Crippen molar-refractivity contribution in [2.75, 3.05) is 6.26 Å². The first kappa shape index (κ1) is 14.6. The standard InChI is InChI=1S/C16H15NO4S/c1-22(18,19)21-17-14-11-16(12-7-3-2-4-8-12)20-15-10-6-5-9-13(14)15/h2-10,16H,11H2,1H3. The molecule has 1 atom stereocenters. The SMILES string of the molecule is CS(=O)(=O)ON=C1CC(c2ccccc2)Oc2ccccc21. The Morgan fingerprint density at radius 1 is 1.09 bits per heavy atom. The summed E-state index contributed by atoms with van der Waals surface area (Å²) in [7, 11) is -3.64. The van der Waals surface area contributed by atoms with Gasteiger partial charge in [0.1, 0.15) is 11.9 Å². The Labute approximate surface area is 129 Å². The molecule has 0 amide bonds. The van der Waals surface area contributed by atoms with E-state index in [-0.39, 0.29) is 6.10 Å². The highest BCUT2D eigenvalue weighted by Crippen LogP contribution is 2.35. The second-order valence-corrected chi connectivity index (χ2v) is 6.59. The fourth-order valence-electron chi connectivity index (χ4n) is 2.34. The molecule has 5 nitrogen and oxygen atoms in total. The summed E-state index contributed by atoms with van der Waals surface area (Å²) >= 11 is 0. The van der Waals surface area contributed by atoms with E-state index in [1.807, 2.05) is 54.6 Å². The summed E-state index contributed by atoms with van der Waals surface area (Å²) in [4.78, 5) is 0. The van der Waals surface area contributed by atoms with Crippen molar-refractivity contribution in [3.8, 4) is 5.75 Å². The van der Waals surface area contributed by atoms with Crippen molar-refractivity contribution in [3.63, 3.8) is 0 Å². The first-order valence-corrected chi connectivity index (χ1v) is 8.61. The van der Waals surface area contributed by atoms with Crippen LogP contribution in [0.5, 0.6) is 5.75 Å². The molecule has 0 N–H and O–H groups in total. The van der Waals surface area contributed by atoms with Gasteiger partial charge in [0.05, 0.1) is 12.0 Å². The summed E-state index contributed by atoms with van der Waals surface area (Å²) in [5.41, 5.74) is 2.31. The van der Waals surface area contributed by atoms with Crippen LogP contribution in [0.1, 0.15) is 23.7 Å². The summed E-state index contributed by atoms with van der Waals surface area (Å²) in [6.07, 6.45) is 1.19. The molecule has 22 heavy (non-hydrogen) atoms. The molecule has 6 heteroatoms. The molecule has 0 aromatic heterocycles. The van der Waals surface area contributed by atoms with Crippen molar-refractivity contribution in [2.24, 2.45) is 5.16 Å². The molecular weight excluding hydrogens is 302 g/mol. The molecule has 1 heterocycles. The second-order valence-electron chi connectivity index (χ2n) is 5.03. The summed E-state index contributed by atoms with van der Waals surface area (Å²) in [6, 6.07) is 17.1. The second kappa shape index (κ2) is 5.81. The normalized spacial score (nSPS) is 19.3. The van der Waals surface area contributed by atoms with E-state index >= 15 is 0 Å². The van der Waals surface area contributed by atoms with Gasteiger partial charge in [0.25, 0.3) is 0 Å². The minimum atomic E-state index is -3.64. The van der Waals surface area contributed by atoms with Crippen LogP contribution in [0, 0.1) is 0 Å². The summed E-state index contributed by atoms with van der Waals surface area (Å²) in [6.45, 7) is 0. The lowest BCUT2D eigenvalue weighted by molar-refractivity contribution is 0.204. The van der Waals surface area contributed by atoms with Crippen LogP contribution in [-0.2, 0) is 14.4 Å². The first-order chi connectivity index (χ1) is 10.5. The zero-order chi connectivity index (χ0) is 15.6. The van der Waals surface area contributed by atoms with E-state index in [0.29, 0.717) is 17.9 Å². The first-order valence-electron chi connectivity index (χ1n) is 6.79. The topological polar surface area (TPSA) is 65.0 Å². The van der Waals surface area contributed by atoms with E-state index in [9.17, 15) is 8.42 Å². The van der Waals surface area contributed by atoms with Crippen LogP contribution in [0.3, 0.4) is 0 Å². The fraction of sp³-hybridized carbons (Fsp3) is 0.188. The molecule has 0 radical (unpaired) electrons. The minimum absolute atomic E-state index is 0.224. The van der Waals surface area contributed by atoms with E-state index in [4.69, 9.17) is 4.74 Å². The lowest BCUT2D eigenvalue weighted by Gasteiger charge is -2.27. The third-order valence-corrected chi connectivity index (χ3v) is 3.65. The maximum absolute atomic E-state index is 11.2. The van der Waals surface area contributed by atoms with Crippen LogP contribution in [0.15, 0.2) is 59.8 Å². The molecule has 1 unspecified atom stereocenters. The summed E-state index contributed by atoms with van der Waals surface area (Å²) in [5.74, 6) is 0.665. The van der Waals surface area contributed by atoms with Crippen molar-refractivity contribution in [1.82, 2.24) is 0 Å². The van der Waals surface area contributed by atoms with Gasteiger partial charge < -0.3 is 4.74 Å². The van der Waals surface area contributed by atoms with E-state index in [0.717, 1.165) is 17.4 Å². The molecule has 1 aliphatic rings. The van der Waals surface area contributed by atoms with Gasteiger partial charge in [0.2, 0.25) is 0 Å². The Morgan fingerprint density at radius 2 is 1.77 bits per heavy atom. The average molecular weight is 317 g/mol. The lowest BCUT2D eigenvalue weighted by atomic mass is 9.96. The van der Waals surface area contributed by atoms with Gasteiger partial charge in [-0.2, -0.15) is 8.42 Å². The van der Waals surface area contributed by atoms with Crippen LogP contribution >= 0.6 is 0 Å². The molecule has 0 aliphatic carbocycles. The maximum Gasteiger partial charge on any atom is 0.325 e. The van der Waals surface area contributed by atoms with Gasteiger partial charge in [-0.1, -0.05) is 47.6 Å². The van der Waals surface area contributed by atoms with Gasteiger partial charge in [0.15, 0.2) is 0 Å². The van der Waals surface area contributed by atoms with Crippen molar-refractivity contribution >= 4 is 15.8 Å². The van der Waals surface area contributed by atoms with Crippen molar-refractivity contribution < 1.29 is 17.4 Å². The zero-order valence-electron chi connectivity index (χ0n) is 12.0. The van der Waals surface area contributed by atoms with Crippen molar-refractivity contribution in [2.45, 2.75) is 12.5 Å². The van der Waals surface area contributed by atoms with E-state index < -0.39 is 10.1 Å². The molecule has 3 rings (SSSR count). The molecule has 0 bridgehead atoms. The number of ether oxygens (including phenoxy) is 1. The van der Waals surface area contributed by atoms with Gasteiger partial charge in [-0.15, -0.1) is 0 Å². The minimum Gasteiger partial charge on any atom is -0.485 e. The average Bonchev–Trinajstić information content (AvgIpc) is 2.52. The van der Waals surface area contributed by atoms with Crippen LogP contribution < -0.4 is 4.74 Å². The predicted octanol–water partition coefficient (Wildman–Crippen LogP) is 2.89. The van der Waals surface area contributed by atoms with Gasteiger partial charge in [0, 0.05) is 12.0 Å². The van der Waals surface area contributed by atoms with Crippen LogP contribution in [0.4, 0.5) is 0 Å². The van der Waals surface area contributed by atoms with E-state index in [2.05, 4.69) is 9.44 Å². The van der Waals surface area contributed by atoms with Crippen LogP contribution in [-0.4, -0.2) is 20.4 Å². The highest BCUT2D eigenvalue weighted by Gasteiger charge is 2.26. The van der Waals surface area contributed by atoms with Gasteiger partial charge in [-0.3, -0.25) is 4.28 Å². The van der Waals surface area contributed by atoms with Crippen LogP contribution in [0.2, 0.25) is 0 Å². The van der Waals surface area contributed by atoms with Crippen molar-refractivity contribution in [1.29, 1.82) is 0 Å². The number of rotatable bonds is 3. The molecule has 0 saturated carbocycles. The Morgan fingerprint density at radius 3 is 2.50 bits per heavy atom.